The molecule has 0 atom stereocenters. The number of amides is 1. The van der Waals surface area contributed by atoms with Gasteiger partial charge in [-0.15, -0.1) is 0 Å². The van der Waals surface area contributed by atoms with Gasteiger partial charge in [-0.05, 0) is 41.9 Å². The molecule has 1 aromatic carbocycles. The van der Waals surface area contributed by atoms with E-state index in [0.717, 1.165) is 0 Å². The van der Waals surface area contributed by atoms with Crippen LogP contribution in [0.5, 0.6) is 0 Å². The third kappa shape index (κ3) is 2.81. The molecule has 1 heterocycles. The molecule has 2 aromatic rings. The first-order chi connectivity index (χ1) is 8.56. The van der Waals surface area contributed by atoms with E-state index < -0.39 is 11.7 Å². The van der Waals surface area contributed by atoms with Crippen molar-refractivity contribution in [3.05, 3.63) is 52.7 Å². The second-order valence-corrected chi connectivity index (χ2v) is 3.99. The first-order valence-corrected chi connectivity index (χ1v) is 5.51. The monoisotopic (exact) mass is 268 g/mol. The van der Waals surface area contributed by atoms with Crippen LogP contribution < -0.4 is 11.1 Å². The highest BCUT2D eigenvalue weighted by Gasteiger charge is 2.07. The van der Waals surface area contributed by atoms with E-state index in [9.17, 15) is 9.18 Å². The summed E-state index contributed by atoms with van der Waals surface area (Å²) in [5.74, 6) is -0.527. The second-order valence-electron chi connectivity index (χ2n) is 3.62. The van der Waals surface area contributed by atoms with Crippen molar-refractivity contribution < 1.29 is 13.6 Å². The zero-order valence-corrected chi connectivity index (χ0v) is 10.00. The van der Waals surface area contributed by atoms with Crippen LogP contribution in [-0.4, -0.2) is 5.91 Å². The molecule has 0 saturated heterocycles. The summed E-state index contributed by atoms with van der Waals surface area (Å²) in [6.45, 7) is 0.256. The van der Waals surface area contributed by atoms with Crippen LogP contribution in [0, 0.1) is 5.82 Å². The fourth-order valence-electron chi connectivity index (χ4n) is 1.44. The van der Waals surface area contributed by atoms with Gasteiger partial charge < -0.3 is 15.5 Å². The van der Waals surface area contributed by atoms with Crippen LogP contribution in [0.3, 0.4) is 0 Å². The van der Waals surface area contributed by atoms with Gasteiger partial charge in [0.05, 0.1) is 12.2 Å². The smallest absolute Gasteiger partial charge is 0.248 e. The molecule has 6 heteroatoms. The van der Waals surface area contributed by atoms with E-state index in [1.54, 1.807) is 12.1 Å². The van der Waals surface area contributed by atoms with Gasteiger partial charge in [-0.3, -0.25) is 4.79 Å². The van der Waals surface area contributed by atoms with E-state index in [1.165, 1.54) is 18.2 Å². The van der Waals surface area contributed by atoms with Crippen molar-refractivity contribution in [1.29, 1.82) is 0 Å². The summed E-state index contributed by atoms with van der Waals surface area (Å²) in [6, 6.07) is 7.12. The molecule has 0 aliphatic rings. The Labute approximate surface area is 108 Å². The Morgan fingerprint density at radius 1 is 1.39 bits per heavy atom. The number of furan rings is 1. The zero-order chi connectivity index (χ0) is 13.1. The van der Waals surface area contributed by atoms with Gasteiger partial charge in [0.1, 0.15) is 11.6 Å². The van der Waals surface area contributed by atoms with Crippen LogP contribution in [0.2, 0.25) is 5.22 Å². The maximum atomic E-state index is 13.5. The standard InChI is InChI=1S/C12H10ClFN2O2/c13-11-4-2-8(18-11)6-16-10-5-7(12(15)17)1-3-9(10)14/h1-5,16H,6H2,(H2,15,17). The number of anilines is 1. The predicted molar refractivity (Wildman–Crippen MR) is 66.0 cm³/mol. The van der Waals surface area contributed by atoms with Gasteiger partial charge in [0, 0.05) is 5.56 Å². The van der Waals surface area contributed by atoms with Crippen molar-refractivity contribution in [1.82, 2.24) is 0 Å². The Kier molecular flexibility index (Phi) is 3.53. The molecule has 0 saturated carbocycles. The highest BCUT2D eigenvalue weighted by molar-refractivity contribution is 6.28. The van der Waals surface area contributed by atoms with Gasteiger partial charge in [-0.2, -0.15) is 0 Å². The number of hydrogen-bond acceptors (Lipinski definition) is 3. The number of benzene rings is 1. The molecule has 0 spiro atoms. The number of halogens is 2. The molecule has 0 aliphatic heterocycles. The highest BCUT2D eigenvalue weighted by atomic mass is 35.5. The molecule has 94 valence electrons. The summed E-state index contributed by atoms with van der Waals surface area (Å²) in [5.41, 5.74) is 5.53. The van der Waals surface area contributed by atoms with Gasteiger partial charge in [0.15, 0.2) is 5.22 Å². The minimum atomic E-state index is -0.612. The highest BCUT2D eigenvalue weighted by Crippen LogP contribution is 2.19. The number of rotatable bonds is 4. The lowest BCUT2D eigenvalue weighted by Gasteiger charge is -2.07. The molecule has 18 heavy (non-hydrogen) atoms. The summed E-state index contributed by atoms with van der Waals surface area (Å²) in [6.07, 6.45) is 0. The molecule has 0 fully saturated rings. The average Bonchev–Trinajstić information content (AvgIpc) is 2.74. The summed E-state index contributed by atoms with van der Waals surface area (Å²) in [7, 11) is 0. The average molecular weight is 269 g/mol. The molecule has 0 unspecified atom stereocenters. The van der Waals surface area contributed by atoms with E-state index in [0.29, 0.717) is 5.76 Å². The zero-order valence-electron chi connectivity index (χ0n) is 9.24. The molecular weight excluding hydrogens is 259 g/mol. The van der Waals surface area contributed by atoms with Crippen molar-refractivity contribution in [3.63, 3.8) is 0 Å². The van der Waals surface area contributed by atoms with Crippen LogP contribution in [0.25, 0.3) is 0 Å². The molecule has 1 amide bonds. The number of nitrogens with one attached hydrogen (secondary N) is 1. The molecule has 2 rings (SSSR count). The lowest BCUT2D eigenvalue weighted by molar-refractivity contribution is 0.100. The molecule has 3 N–H and O–H groups in total. The SMILES string of the molecule is NC(=O)c1ccc(F)c(NCc2ccc(Cl)o2)c1. The lowest BCUT2D eigenvalue weighted by Crippen LogP contribution is -2.12. The van der Waals surface area contributed by atoms with Gasteiger partial charge >= 0.3 is 0 Å². The van der Waals surface area contributed by atoms with Gasteiger partial charge in [-0.1, -0.05) is 0 Å². The van der Waals surface area contributed by atoms with E-state index in [-0.39, 0.29) is 23.0 Å². The number of primary amides is 1. The van der Waals surface area contributed by atoms with E-state index >= 15 is 0 Å². The van der Waals surface area contributed by atoms with Crippen molar-refractivity contribution in [2.45, 2.75) is 6.54 Å². The normalized spacial score (nSPS) is 10.3. The van der Waals surface area contributed by atoms with Crippen LogP contribution in [0.15, 0.2) is 34.7 Å². The lowest BCUT2D eigenvalue weighted by atomic mass is 10.2. The number of nitrogens with two attached hydrogens (primary N) is 1. The van der Waals surface area contributed by atoms with Crippen LogP contribution in [0.4, 0.5) is 10.1 Å². The minimum Gasteiger partial charge on any atom is -0.448 e. The topological polar surface area (TPSA) is 68.3 Å². The van der Waals surface area contributed by atoms with Crippen molar-refractivity contribution >= 4 is 23.2 Å². The van der Waals surface area contributed by atoms with Gasteiger partial charge in [0.25, 0.3) is 0 Å². The maximum Gasteiger partial charge on any atom is 0.248 e. The number of hydrogen-bond donors (Lipinski definition) is 2. The van der Waals surface area contributed by atoms with Crippen LogP contribution in [-0.2, 0) is 6.54 Å². The predicted octanol–water partition coefficient (Wildman–Crippen LogP) is 2.78. The van der Waals surface area contributed by atoms with E-state index in [1.807, 2.05) is 0 Å². The summed E-state index contributed by atoms with van der Waals surface area (Å²) in [4.78, 5) is 11.0. The molecular formula is C12H10ClFN2O2. The number of carbonyl (C=O) groups excluding carboxylic acids is 1. The third-order valence-corrected chi connectivity index (χ3v) is 2.54. The van der Waals surface area contributed by atoms with Gasteiger partial charge in [0.2, 0.25) is 5.91 Å². The van der Waals surface area contributed by atoms with Crippen LogP contribution >= 0.6 is 11.6 Å². The fraction of sp³-hybridized carbons (Fsp3) is 0.0833. The Morgan fingerprint density at radius 3 is 2.78 bits per heavy atom. The van der Waals surface area contributed by atoms with Crippen molar-refractivity contribution in [2.75, 3.05) is 5.32 Å². The van der Waals surface area contributed by atoms with Gasteiger partial charge in [-0.25, -0.2) is 4.39 Å². The molecule has 0 radical (unpaired) electrons. The quantitative estimate of drug-likeness (QED) is 0.896. The Bertz CT molecular complexity index is 583. The second kappa shape index (κ2) is 5.10. The van der Waals surface area contributed by atoms with E-state index in [4.69, 9.17) is 21.8 Å². The molecule has 1 aromatic heterocycles. The largest absolute Gasteiger partial charge is 0.448 e. The molecule has 4 nitrogen and oxygen atoms in total. The van der Waals surface area contributed by atoms with Crippen molar-refractivity contribution in [2.24, 2.45) is 5.73 Å². The third-order valence-electron chi connectivity index (χ3n) is 2.33. The minimum absolute atomic E-state index is 0.179. The van der Waals surface area contributed by atoms with E-state index in [2.05, 4.69) is 5.32 Å². The Hall–Kier alpha value is -2.01. The summed E-state index contributed by atoms with van der Waals surface area (Å²) in [5, 5.41) is 3.06. The summed E-state index contributed by atoms with van der Waals surface area (Å²) < 4.78 is 18.6. The Morgan fingerprint density at radius 2 is 2.17 bits per heavy atom. The van der Waals surface area contributed by atoms with Crippen LogP contribution in [0.1, 0.15) is 16.1 Å². The molecule has 0 aliphatic carbocycles. The van der Waals surface area contributed by atoms with Crippen molar-refractivity contribution in [3.8, 4) is 0 Å². The molecule has 0 bridgehead atoms. The Balaban J connectivity index is 2.13. The maximum absolute atomic E-state index is 13.5. The number of carbonyl (C=O) groups is 1. The fourth-order valence-corrected chi connectivity index (χ4v) is 1.61. The summed E-state index contributed by atoms with van der Waals surface area (Å²) >= 11 is 5.61. The first kappa shape index (κ1) is 12.4. The first-order valence-electron chi connectivity index (χ1n) is 5.13.